The highest BCUT2D eigenvalue weighted by Crippen LogP contribution is 2.37. The van der Waals surface area contributed by atoms with E-state index < -0.39 is 18.1 Å². The van der Waals surface area contributed by atoms with E-state index in [9.17, 15) is 18.0 Å². The number of rotatable bonds is 4. The van der Waals surface area contributed by atoms with E-state index in [0.29, 0.717) is 35.7 Å². The van der Waals surface area contributed by atoms with Crippen molar-refractivity contribution in [3.8, 4) is 0 Å². The van der Waals surface area contributed by atoms with Crippen molar-refractivity contribution in [2.45, 2.75) is 50.7 Å². The molecule has 0 aromatic heterocycles. The molecule has 23 heavy (non-hydrogen) atoms. The third-order valence-electron chi connectivity index (χ3n) is 4.17. The van der Waals surface area contributed by atoms with Crippen LogP contribution < -0.4 is 5.32 Å². The summed E-state index contributed by atoms with van der Waals surface area (Å²) in [5.41, 5.74) is 0.752. The van der Waals surface area contributed by atoms with Crippen molar-refractivity contribution < 1.29 is 18.0 Å². The van der Waals surface area contributed by atoms with Gasteiger partial charge in [0.15, 0.2) is 0 Å². The van der Waals surface area contributed by atoms with Crippen molar-refractivity contribution in [2.24, 2.45) is 5.92 Å². The van der Waals surface area contributed by atoms with Gasteiger partial charge in [-0.25, -0.2) is 0 Å². The van der Waals surface area contributed by atoms with Crippen LogP contribution in [0.15, 0.2) is 18.2 Å². The minimum Gasteiger partial charge on any atom is -0.353 e. The molecule has 0 spiro atoms. The van der Waals surface area contributed by atoms with Gasteiger partial charge in [0.1, 0.15) is 0 Å². The van der Waals surface area contributed by atoms with Crippen LogP contribution in [-0.4, -0.2) is 18.1 Å². The summed E-state index contributed by atoms with van der Waals surface area (Å²) in [6.45, 7) is 0. The Bertz CT molecular complexity index is 563. The number of hydrogen-bond acceptors (Lipinski definition) is 1. The normalized spacial score (nSPS) is 22.0. The fourth-order valence-corrected chi connectivity index (χ4v) is 3.45. The number of hydrogen-bond donors (Lipinski definition) is 1. The third-order valence-corrected chi connectivity index (χ3v) is 4.76. The van der Waals surface area contributed by atoms with Crippen LogP contribution in [0.5, 0.6) is 0 Å². The zero-order valence-electron chi connectivity index (χ0n) is 12.4. The predicted octanol–water partition coefficient (Wildman–Crippen LogP) is 5.16. The Morgan fingerprint density at radius 3 is 2.57 bits per heavy atom. The third kappa shape index (κ3) is 5.28. The van der Waals surface area contributed by atoms with Crippen molar-refractivity contribution in [1.82, 2.24) is 5.32 Å². The molecule has 1 aliphatic rings. The van der Waals surface area contributed by atoms with Crippen LogP contribution in [0.2, 0.25) is 10.0 Å². The van der Waals surface area contributed by atoms with Gasteiger partial charge >= 0.3 is 6.18 Å². The molecule has 1 aromatic carbocycles. The number of halogens is 5. The Hall–Kier alpha value is -0.940. The molecule has 0 bridgehead atoms. The minimum absolute atomic E-state index is 0.0808. The summed E-state index contributed by atoms with van der Waals surface area (Å²) in [5, 5.41) is 3.50. The van der Waals surface area contributed by atoms with E-state index >= 15 is 0 Å². The predicted molar refractivity (Wildman–Crippen MR) is 84.7 cm³/mol. The van der Waals surface area contributed by atoms with Gasteiger partial charge in [-0.2, -0.15) is 13.2 Å². The second-order valence-electron chi connectivity index (χ2n) is 5.84. The van der Waals surface area contributed by atoms with Crippen LogP contribution in [0.3, 0.4) is 0 Å². The molecule has 2 nitrogen and oxygen atoms in total. The molecule has 0 radical (unpaired) electrons. The number of carbonyl (C=O) groups is 1. The Balaban J connectivity index is 1.90. The monoisotopic (exact) mass is 367 g/mol. The molecule has 128 valence electrons. The first-order valence-electron chi connectivity index (χ1n) is 7.57. The Morgan fingerprint density at radius 2 is 1.91 bits per heavy atom. The van der Waals surface area contributed by atoms with Crippen LogP contribution in [-0.2, 0) is 11.2 Å². The number of alkyl halides is 3. The maximum atomic E-state index is 13.0. The van der Waals surface area contributed by atoms with Crippen molar-refractivity contribution in [3.63, 3.8) is 0 Å². The van der Waals surface area contributed by atoms with Gasteiger partial charge in [0.2, 0.25) is 5.91 Å². The Morgan fingerprint density at radius 1 is 1.22 bits per heavy atom. The second kappa shape index (κ2) is 7.75. The molecule has 2 atom stereocenters. The molecule has 7 heteroatoms. The van der Waals surface area contributed by atoms with Crippen LogP contribution >= 0.6 is 23.2 Å². The first-order valence-corrected chi connectivity index (χ1v) is 8.33. The lowest BCUT2D eigenvalue weighted by Crippen LogP contribution is -2.47. The van der Waals surface area contributed by atoms with Gasteiger partial charge in [-0.15, -0.1) is 0 Å². The van der Waals surface area contributed by atoms with Crippen molar-refractivity contribution in [1.29, 1.82) is 0 Å². The summed E-state index contributed by atoms with van der Waals surface area (Å²) >= 11 is 11.8. The number of nitrogens with one attached hydrogen (secondary N) is 1. The number of carbonyl (C=O) groups excluding carboxylic acids is 1. The lowest BCUT2D eigenvalue weighted by Gasteiger charge is -2.33. The maximum Gasteiger partial charge on any atom is 0.393 e. The van der Waals surface area contributed by atoms with E-state index in [4.69, 9.17) is 23.2 Å². The molecule has 1 aromatic rings. The molecule has 1 amide bonds. The lowest BCUT2D eigenvalue weighted by molar-refractivity contribution is -0.189. The van der Waals surface area contributed by atoms with Crippen molar-refractivity contribution in [3.05, 3.63) is 33.8 Å². The molecule has 0 heterocycles. The smallest absolute Gasteiger partial charge is 0.353 e. The summed E-state index contributed by atoms with van der Waals surface area (Å²) in [6, 6.07) is 4.15. The zero-order valence-corrected chi connectivity index (χ0v) is 13.9. The molecule has 2 unspecified atom stereocenters. The van der Waals surface area contributed by atoms with Gasteiger partial charge in [0.25, 0.3) is 0 Å². The van der Waals surface area contributed by atoms with Gasteiger partial charge in [0, 0.05) is 22.5 Å². The van der Waals surface area contributed by atoms with E-state index in [1.54, 1.807) is 18.2 Å². The SMILES string of the molecule is O=C(CCc1ccc(Cl)cc1Cl)NC1CCCCC1C(F)(F)F. The highest BCUT2D eigenvalue weighted by atomic mass is 35.5. The van der Waals surface area contributed by atoms with Crippen LogP contribution in [0, 0.1) is 5.92 Å². The molecular weight excluding hydrogens is 350 g/mol. The number of aryl methyl sites for hydroxylation is 1. The fraction of sp³-hybridized carbons (Fsp3) is 0.562. The molecule has 1 aliphatic carbocycles. The first-order chi connectivity index (χ1) is 10.8. The molecule has 2 rings (SSSR count). The summed E-state index contributed by atoms with van der Waals surface area (Å²) < 4.78 is 39.0. The first kappa shape index (κ1) is 18.4. The summed E-state index contributed by atoms with van der Waals surface area (Å²) in [7, 11) is 0. The zero-order chi connectivity index (χ0) is 17.0. The highest BCUT2D eigenvalue weighted by Gasteiger charge is 2.45. The second-order valence-corrected chi connectivity index (χ2v) is 6.69. The quantitative estimate of drug-likeness (QED) is 0.781. The molecule has 1 fully saturated rings. The van der Waals surface area contributed by atoms with Gasteiger partial charge in [0.05, 0.1) is 5.92 Å². The van der Waals surface area contributed by atoms with Crippen LogP contribution in [0.4, 0.5) is 13.2 Å². The number of amides is 1. The lowest BCUT2D eigenvalue weighted by atomic mass is 9.84. The minimum atomic E-state index is -4.27. The maximum absolute atomic E-state index is 13.0. The van der Waals surface area contributed by atoms with E-state index in [-0.39, 0.29) is 18.7 Å². The Kier molecular flexibility index (Phi) is 6.20. The molecule has 0 aliphatic heterocycles. The largest absolute Gasteiger partial charge is 0.393 e. The van der Waals surface area contributed by atoms with E-state index in [2.05, 4.69) is 5.32 Å². The summed E-state index contributed by atoms with van der Waals surface area (Å²) in [4.78, 5) is 12.0. The van der Waals surface area contributed by atoms with E-state index in [1.807, 2.05) is 0 Å². The Labute approximate surface area is 143 Å². The summed E-state index contributed by atoms with van der Waals surface area (Å²) in [6.07, 6.45) is -2.09. The van der Waals surface area contributed by atoms with Gasteiger partial charge in [-0.3, -0.25) is 4.79 Å². The highest BCUT2D eigenvalue weighted by molar-refractivity contribution is 6.35. The average Bonchev–Trinajstić information content (AvgIpc) is 2.46. The molecule has 1 saturated carbocycles. The van der Waals surface area contributed by atoms with Gasteiger partial charge in [-0.1, -0.05) is 42.1 Å². The standard InChI is InChI=1S/C16H18Cl2F3NO/c17-11-7-5-10(13(18)9-11)6-8-15(23)22-14-4-2-1-3-12(14)16(19,20)21/h5,7,9,12,14H,1-4,6,8H2,(H,22,23). The fourth-order valence-electron chi connectivity index (χ4n) is 2.95. The van der Waals surface area contributed by atoms with Crippen LogP contribution in [0.25, 0.3) is 0 Å². The van der Waals surface area contributed by atoms with Gasteiger partial charge in [-0.05, 0) is 37.0 Å². The van der Waals surface area contributed by atoms with Crippen molar-refractivity contribution >= 4 is 29.1 Å². The van der Waals surface area contributed by atoms with E-state index in [1.165, 1.54) is 0 Å². The molecule has 0 saturated heterocycles. The van der Waals surface area contributed by atoms with Crippen molar-refractivity contribution in [2.75, 3.05) is 0 Å². The topological polar surface area (TPSA) is 29.1 Å². The van der Waals surface area contributed by atoms with Gasteiger partial charge < -0.3 is 5.32 Å². The van der Waals surface area contributed by atoms with Crippen LogP contribution in [0.1, 0.15) is 37.7 Å². The average molecular weight is 368 g/mol. The van der Waals surface area contributed by atoms with E-state index in [0.717, 1.165) is 5.56 Å². The number of benzene rings is 1. The molecule has 1 N–H and O–H groups in total. The molecular formula is C16H18Cl2F3NO. The summed E-state index contributed by atoms with van der Waals surface area (Å²) in [5.74, 6) is -1.82.